The molecule has 0 unspecified atom stereocenters. The summed E-state index contributed by atoms with van der Waals surface area (Å²) < 4.78 is 0. The summed E-state index contributed by atoms with van der Waals surface area (Å²) in [6, 6.07) is -9.32. The van der Waals surface area contributed by atoms with Crippen molar-refractivity contribution in [3.05, 3.63) is 0 Å². The lowest BCUT2D eigenvalue weighted by Gasteiger charge is -2.33. The Morgan fingerprint density at radius 2 is 1.25 bits per heavy atom. The highest BCUT2D eigenvalue weighted by atomic mass is 16.4. The van der Waals surface area contributed by atoms with Crippen LogP contribution in [0.3, 0.4) is 0 Å². The SMILES string of the molecule is C[C@H](NC(=O)[C@H](CO)NC(=O)[C@@H]1CCCN1C(=O)[C@@H]1CCCN1C(=O)[C@H](C)NC(=O)[C@@H](NC(=O)[C@@H](N)CCCN=C(N)N)[C@@H](C)O)C(=O)N1CCC[C@H]1C(=O)O. The number of hydrogen-bond donors (Lipinski definition) is 10. The lowest BCUT2D eigenvalue weighted by Crippen LogP contribution is -2.60. The standard InChI is InChI=1S/C34H57N11O11/c1-17(31(53)45-15-7-11-24(45)33(55)56)39-27(49)21(16-46)41-28(50)22-9-5-13-43(22)32(54)23-10-6-14-44(23)30(52)18(2)40-29(51)25(19(3)47)42-26(48)20(35)8-4-12-38-34(36)37/h17-25,46-47H,4-16,35H2,1-3H3,(H,39,49)(H,40,51)(H,41,50)(H,42,48)(H,55,56)(H4,36,37,38)/t17-,18-,19+,20-,21-,22-,23-,24-,25-/m0/s1. The molecule has 0 aromatic rings. The van der Waals surface area contributed by atoms with E-state index in [1.54, 1.807) is 0 Å². The average molecular weight is 796 g/mol. The molecule has 314 valence electrons. The van der Waals surface area contributed by atoms with E-state index in [0.29, 0.717) is 25.7 Å². The molecule has 0 aromatic carbocycles. The summed E-state index contributed by atoms with van der Waals surface area (Å²) in [6.45, 7) is 4.02. The van der Waals surface area contributed by atoms with Gasteiger partial charge in [-0.15, -0.1) is 0 Å². The number of rotatable bonds is 18. The molecule has 7 amide bonds. The summed E-state index contributed by atoms with van der Waals surface area (Å²) in [4.78, 5) is 112. The number of nitrogens with one attached hydrogen (secondary N) is 4. The van der Waals surface area contributed by atoms with Crippen molar-refractivity contribution in [3.63, 3.8) is 0 Å². The second-order valence-electron chi connectivity index (χ2n) is 14.4. The van der Waals surface area contributed by atoms with Crippen LogP contribution in [0.1, 0.15) is 72.1 Å². The molecule has 9 atom stereocenters. The fraction of sp³-hybridized carbons (Fsp3) is 0.735. The van der Waals surface area contributed by atoms with E-state index in [9.17, 15) is 53.7 Å². The van der Waals surface area contributed by atoms with Gasteiger partial charge in [-0.3, -0.25) is 38.6 Å². The normalized spacial score (nSPS) is 22.5. The van der Waals surface area contributed by atoms with E-state index in [1.165, 1.54) is 35.5 Å². The second kappa shape index (κ2) is 20.7. The Kier molecular flexibility index (Phi) is 16.8. The minimum Gasteiger partial charge on any atom is -0.480 e. The highest BCUT2D eigenvalue weighted by Crippen LogP contribution is 2.26. The number of hydrogen-bond acceptors (Lipinski definition) is 12. The predicted molar refractivity (Wildman–Crippen MR) is 198 cm³/mol. The first-order valence-corrected chi connectivity index (χ1v) is 18.8. The van der Waals surface area contributed by atoms with E-state index in [0.717, 1.165) is 0 Å². The van der Waals surface area contributed by atoms with E-state index in [-0.39, 0.29) is 57.8 Å². The first-order chi connectivity index (χ1) is 26.4. The number of carboxylic acid groups (broad SMARTS) is 1. The number of carbonyl (C=O) groups is 8. The van der Waals surface area contributed by atoms with Gasteiger partial charge in [0, 0.05) is 26.2 Å². The van der Waals surface area contributed by atoms with Gasteiger partial charge in [-0.05, 0) is 72.1 Å². The Balaban J connectivity index is 1.59. The zero-order valence-electron chi connectivity index (χ0n) is 32.0. The third kappa shape index (κ3) is 11.7. The summed E-state index contributed by atoms with van der Waals surface area (Å²) in [5.41, 5.74) is 16.5. The molecule has 22 heteroatoms. The molecule has 3 aliphatic heterocycles. The van der Waals surface area contributed by atoms with Gasteiger partial charge >= 0.3 is 5.97 Å². The summed E-state index contributed by atoms with van der Waals surface area (Å²) in [5.74, 6) is -6.19. The zero-order valence-corrected chi connectivity index (χ0v) is 32.0. The molecule has 56 heavy (non-hydrogen) atoms. The fourth-order valence-corrected chi connectivity index (χ4v) is 7.09. The average Bonchev–Trinajstić information content (AvgIpc) is 3.94. The van der Waals surface area contributed by atoms with Crippen molar-refractivity contribution < 1.29 is 53.7 Å². The minimum atomic E-state index is -1.49. The highest BCUT2D eigenvalue weighted by Gasteiger charge is 2.44. The van der Waals surface area contributed by atoms with Gasteiger partial charge in [0.15, 0.2) is 5.96 Å². The molecule has 0 radical (unpaired) electrons. The smallest absolute Gasteiger partial charge is 0.326 e. The molecular formula is C34H57N11O11. The van der Waals surface area contributed by atoms with Crippen molar-refractivity contribution in [1.82, 2.24) is 36.0 Å². The van der Waals surface area contributed by atoms with E-state index >= 15 is 0 Å². The molecule has 0 aliphatic carbocycles. The zero-order chi connectivity index (χ0) is 41.9. The number of aliphatic imine (C=N–C) groups is 1. The Labute approximate surface area is 324 Å². The molecule has 0 bridgehead atoms. The number of nitrogens with two attached hydrogens (primary N) is 3. The fourth-order valence-electron chi connectivity index (χ4n) is 7.09. The van der Waals surface area contributed by atoms with Crippen LogP contribution in [0.4, 0.5) is 0 Å². The second-order valence-corrected chi connectivity index (χ2v) is 14.4. The van der Waals surface area contributed by atoms with Gasteiger partial charge in [-0.2, -0.15) is 0 Å². The summed E-state index contributed by atoms with van der Waals surface area (Å²) in [7, 11) is 0. The highest BCUT2D eigenvalue weighted by molar-refractivity contribution is 5.98. The molecule has 0 aromatic heterocycles. The Morgan fingerprint density at radius 1 is 0.732 bits per heavy atom. The van der Waals surface area contributed by atoms with Crippen LogP contribution in [0.2, 0.25) is 0 Å². The monoisotopic (exact) mass is 795 g/mol. The molecule has 3 fully saturated rings. The van der Waals surface area contributed by atoms with Crippen LogP contribution in [-0.4, -0.2) is 171 Å². The molecular weight excluding hydrogens is 738 g/mol. The molecule has 3 aliphatic rings. The van der Waals surface area contributed by atoms with Gasteiger partial charge in [-0.1, -0.05) is 0 Å². The number of amides is 7. The first kappa shape index (κ1) is 45.3. The van der Waals surface area contributed by atoms with Crippen LogP contribution in [-0.2, 0) is 38.4 Å². The van der Waals surface area contributed by atoms with Gasteiger partial charge in [0.2, 0.25) is 41.4 Å². The van der Waals surface area contributed by atoms with Crippen molar-refractivity contribution in [3.8, 4) is 0 Å². The van der Waals surface area contributed by atoms with Gasteiger partial charge in [0.05, 0.1) is 18.8 Å². The van der Waals surface area contributed by atoms with Gasteiger partial charge < -0.3 is 68.5 Å². The number of nitrogens with zero attached hydrogens (tertiary/aromatic N) is 4. The molecule has 3 saturated heterocycles. The van der Waals surface area contributed by atoms with Gasteiger partial charge in [0.1, 0.15) is 42.3 Å². The van der Waals surface area contributed by atoms with E-state index < -0.39 is 108 Å². The lowest BCUT2D eigenvalue weighted by molar-refractivity contribution is -0.149. The van der Waals surface area contributed by atoms with Crippen LogP contribution in [0.15, 0.2) is 4.99 Å². The van der Waals surface area contributed by atoms with Crippen LogP contribution >= 0.6 is 0 Å². The molecule has 3 rings (SSSR count). The molecule has 3 heterocycles. The van der Waals surface area contributed by atoms with E-state index in [4.69, 9.17) is 17.2 Å². The topological polar surface area (TPSA) is 346 Å². The summed E-state index contributed by atoms with van der Waals surface area (Å²) in [5, 5.41) is 39.4. The summed E-state index contributed by atoms with van der Waals surface area (Å²) >= 11 is 0. The number of carbonyl (C=O) groups excluding carboxylic acids is 7. The quantitative estimate of drug-likeness (QED) is 0.0352. The van der Waals surface area contributed by atoms with Crippen molar-refractivity contribution in [2.75, 3.05) is 32.8 Å². The maximum atomic E-state index is 13.9. The maximum absolute atomic E-state index is 13.9. The number of likely N-dealkylation sites (tertiary alicyclic amines) is 3. The Hall–Kier alpha value is -5.09. The number of guanidine groups is 1. The van der Waals surface area contributed by atoms with Crippen molar-refractivity contribution in [2.45, 2.75) is 127 Å². The molecule has 0 saturated carbocycles. The number of aliphatic hydroxyl groups excluding tert-OH is 2. The third-order valence-corrected chi connectivity index (χ3v) is 10.1. The third-order valence-electron chi connectivity index (χ3n) is 10.1. The van der Waals surface area contributed by atoms with Crippen LogP contribution in [0, 0.1) is 0 Å². The van der Waals surface area contributed by atoms with Crippen LogP contribution in [0.5, 0.6) is 0 Å². The van der Waals surface area contributed by atoms with Crippen LogP contribution in [0.25, 0.3) is 0 Å². The number of aliphatic carboxylic acids is 1. The Morgan fingerprint density at radius 3 is 1.79 bits per heavy atom. The van der Waals surface area contributed by atoms with Gasteiger partial charge in [0.25, 0.3) is 0 Å². The minimum absolute atomic E-state index is 0.110. The van der Waals surface area contributed by atoms with Crippen molar-refractivity contribution in [1.29, 1.82) is 0 Å². The molecule has 13 N–H and O–H groups in total. The number of carboxylic acids is 1. The van der Waals surface area contributed by atoms with Crippen molar-refractivity contribution >= 4 is 53.3 Å². The van der Waals surface area contributed by atoms with Gasteiger partial charge in [-0.25, -0.2) is 4.79 Å². The molecule has 22 nitrogen and oxygen atoms in total. The maximum Gasteiger partial charge on any atom is 0.326 e. The Bertz CT molecular complexity index is 1510. The number of aliphatic hydroxyl groups is 2. The first-order valence-electron chi connectivity index (χ1n) is 18.8. The molecule has 0 spiro atoms. The van der Waals surface area contributed by atoms with E-state index in [2.05, 4.69) is 26.3 Å². The lowest BCUT2D eigenvalue weighted by atomic mass is 10.1. The predicted octanol–water partition coefficient (Wildman–Crippen LogP) is -5.22. The summed E-state index contributed by atoms with van der Waals surface area (Å²) in [6.07, 6.45) is 1.37. The van der Waals surface area contributed by atoms with Crippen molar-refractivity contribution in [2.24, 2.45) is 22.2 Å². The van der Waals surface area contributed by atoms with E-state index in [1.807, 2.05) is 0 Å². The largest absolute Gasteiger partial charge is 0.480 e. The van der Waals surface area contributed by atoms with Crippen LogP contribution < -0.4 is 38.5 Å².